The second-order valence-corrected chi connectivity index (χ2v) is 15.8. The molecule has 1 atom stereocenters. The highest BCUT2D eigenvalue weighted by molar-refractivity contribution is 5.80. The van der Waals surface area contributed by atoms with Gasteiger partial charge in [-0.2, -0.15) is 0 Å². The number of methoxy groups -OCH3 is 1. The number of hydrogen-bond donors (Lipinski definition) is 3. The van der Waals surface area contributed by atoms with Crippen LogP contribution in [0.5, 0.6) is 11.5 Å². The molecule has 0 fully saturated rings. The average Bonchev–Trinajstić information content (AvgIpc) is 3.55. The van der Waals surface area contributed by atoms with Gasteiger partial charge in [0.05, 0.1) is 13.7 Å². The van der Waals surface area contributed by atoms with Gasteiger partial charge in [-0.1, -0.05) is 93.6 Å². The Hall–Kier alpha value is -4.90. The normalized spacial score (nSPS) is 12.4. The Balaban J connectivity index is 0.949. The molecule has 0 aliphatic heterocycles. The maximum atomic E-state index is 12.6. The van der Waals surface area contributed by atoms with Crippen LogP contribution in [-0.2, 0) is 25.7 Å². The van der Waals surface area contributed by atoms with E-state index in [4.69, 9.17) is 14.2 Å². The lowest BCUT2D eigenvalue weighted by Gasteiger charge is -2.19. The number of ketones is 1. The Morgan fingerprint density at radius 2 is 1.41 bits per heavy atom. The number of likely N-dealkylation sites (N-methyl/N-ethyl adjacent to an activating group) is 1. The molecule has 1 aliphatic carbocycles. The van der Waals surface area contributed by atoms with Crippen molar-refractivity contribution in [2.45, 2.75) is 110 Å². The zero-order valence-electron chi connectivity index (χ0n) is 36.0. The molecule has 322 valence electrons. The molecule has 0 saturated carbocycles. The van der Waals surface area contributed by atoms with Gasteiger partial charge in [-0.3, -0.25) is 14.4 Å². The fraction of sp³-hybridized carbons (Fsp3) is 0.542. The van der Waals surface area contributed by atoms with E-state index in [0.29, 0.717) is 90.2 Å². The third-order valence-corrected chi connectivity index (χ3v) is 10.9. The number of Topliss-reactive ketones (excluding diaryl/α,β-unsaturated/α-hetero) is 1. The quantitative estimate of drug-likeness (QED) is 0.0594. The van der Waals surface area contributed by atoms with E-state index >= 15 is 0 Å². The summed E-state index contributed by atoms with van der Waals surface area (Å²) < 4.78 is 17.0. The van der Waals surface area contributed by atoms with Gasteiger partial charge in [-0.15, -0.1) is 0 Å². The largest absolute Gasteiger partial charge is 0.496 e. The maximum Gasteiger partial charge on any atom is 0.407 e. The number of carbonyl (C=O) groups is 4. The monoisotopic (exact) mass is 813 g/mol. The second kappa shape index (κ2) is 26.3. The third-order valence-electron chi connectivity index (χ3n) is 10.9. The van der Waals surface area contributed by atoms with Crippen LogP contribution in [-0.4, -0.2) is 82.1 Å². The van der Waals surface area contributed by atoms with Crippen molar-refractivity contribution in [3.8, 4) is 22.6 Å². The van der Waals surface area contributed by atoms with Gasteiger partial charge in [0.1, 0.15) is 23.9 Å². The van der Waals surface area contributed by atoms with E-state index in [0.717, 1.165) is 56.3 Å². The first kappa shape index (κ1) is 46.8. The van der Waals surface area contributed by atoms with Crippen LogP contribution >= 0.6 is 0 Å². The molecule has 59 heavy (non-hydrogen) atoms. The fourth-order valence-corrected chi connectivity index (χ4v) is 7.64. The SMILES string of the molecule is CCNC(=O)CCCOc1ccc(CN(C)CCNC(=O)CC[C@@H](C)CC(=O)CCCCCCCCCNC(=O)OCC2c3ccccc3-c3ccccc32)c(OC)c1. The molecule has 0 unspecified atom stereocenters. The molecular weight excluding hydrogens is 745 g/mol. The van der Waals surface area contributed by atoms with Crippen molar-refractivity contribution >= 4 is 23.7 Å². The van der Waals surface area contributed by atoms with Crippen LogP contribution in [0.3, 0.4) is 0 Å². The predicted molar refractivity (Wildman–Crippen MR) is 234 cm³/mol. The molecule has 0 saturated heterocycles. The van der Waals surface area contributed by atoms with Crippen molar-refractivity contribution < 1.29 is 33.4 Å². The Labute approximate surface area is 352 Å². The number of amides is 3. The molecule has 3 amide bonds. The number of alkyl carbamates (subject to hydrolysis) is 1. The maximum absolute atomic E-state index is 12.6. The Bertz CT molecular complexity index is 1720. The van der Waals surface area contributed by atoms with Crippen molar-refractivity contribution in [1.82, 2.24) is 20.9 Å². The summed E-state index contributed by atoms with van der Waals surface area (Å²) in [6.45, 7) is 7.85. The lowest BCUT2D eigenvalue weighted by Crippen LogP contribution is -2.32. The van der Waals surface area contributed by atoms with Crippen LogP contribution in [0, 0.1) is 5.92 Å². The number of nitrogens with one attached hydrogen (secondary N) is 3. The first-order chi connectivity index (χ1) is 28.7. The molecule has 11 heteroatoms. The van der Waals surface area contributed by atoms with Crippen LogP contribution in [0.25, 0.3) is 11.1 Å². The summed E-state index contributed by atoms with van der Waals surface area (Å²) in [7, 11) is 3.64. The van der Waals surface area contributed by atoms with Gasteiger partial charge in [-0.25, -0.2) is 4.79 Å². The zero-order valence-corrected chi connectivity index (χ0v) is 36.0. The van der Waals surface area contributed by atoms with E-state index in [1.165, 1.54) is 22.3 Å². The van der Waals surface area contributed by atoms with Gasteiger partial charge < -0.3 is 35.1 Å². The number of unbranched alkanes of at least 4 members (excludes halogenated alkanes) is 6. The van der Waals surface area contributed by atoms with Crippen LogP contribution in [0.1, 0.15) is 120 Å². The van der Waals surface area contributed by atoms with Gasteiger partial charge >= 0.3 is 6.09 Å². The lowest BCUT2D eigenvalue weighted by atomic mass is 9.96. The Morgan fingerprint density at radius 3 is 2.10 bits per heavy atom. The smallest absolute Gasteiger partial charge is 0.407 e. The predicted octanol–water partition coefficient (Wildman–Crippen LogP) is 8.57. The zero-order chi connectivity index (χ0) is 42.2. The van der Waals surface area contributed by atoms with Gasteiger partial charge in [0.15, 0.2) is 0 Å². The minimum absolute atomic E-state index is 0.0111. The molecule has 0 radical (unpaired) electrons. The van der Waals surface area contributed by atoms with Crippen molar-refractivity contribution in [2.24, 2.45) is 5.92 Å². The van der Waals surface area contributed by atoms with Crippen molar-refractivity contribution in [3.05, 3.63) is 83.4 Å². The first-order valence-corrected chi connectivity index (χ1v) is 21.8. The van der Waals surface area contributed by atoms with Gasteiger partial charge in [0, 0.05) is 76.0 Å². The Morgan fingerprint density at radius 1 is 0.746 bits per heavy atom. The van der Waals surface area contributed by atoms with Gasteiger partial charge in [0.2, 0.25) is 11.8 Å². The molecule has 3 aromatic rings. The molecule has 3 aromatic carbocycles. The minimum Gasteiger partial charge on any atom is -0.496 e. The first-order valence-electron chi connectivity index (χ1n) is 21.8. The van der Waals surface area contributed by atoms with E-state index in [9.17, 15) is 19.2 Å². The fourth-order valence-electron chi connectivity index (χ4n) is 7.64. The van der Waals surface area contributed by atoms with Crippen molar-refractivity contribution in [3.63, 3.8) is 0 Å². The summed E-state index contributed by atoms with van der Waals surface area (Å²) in [5.41, 5.74) is 5.88. The number of benzene rings is 3. The van der Waals surface area contributed by atoms with Gasteiger partial charge in [-0.05, 0) is 73.9 Å². The van der Waals surface area contributed by atoms with E-state index in [-0.39, 0.29) is 35.5 Å². The number of nitrogens with zero attached hydrogens (tertiary/aromatic N) is 1. The topological polar surface area (TPSA) is 135 Å². The molecule has 0 bridgehead atoms. The third kappa shape index (κ3) is 16.7. The summed E-state index contributed by atoms with van der Waals surface area (Å²) in [6, 6.07) is 22.4. The highest BCUT2D eigenvalue weighted by atomic mass is 16.5. The molecule has 0 heterocycles. The summed E-state index contributed by atoms with van der Waals surface area (Å²) in [4.78, 5) is 51.2. The van der Waals surface area contributed by atoms with Crippen LogP contribution in [0.2, 0.25) is 0 Å². The van der Waals surface area contributed by atoms with Crippen LogP contribution in [0.15, 0.2) is 66.7 Å². The summed E-state index contributed by atoms with van der Waals surface area (Å²) in [5, 5.41) is 8.71. The number of carbonyl (C=O) groups excluding carboxylic acids is 4. The molecule has 3 N–H and O–H groups in total. The molecule has 0 spiro atoms. The number of hydrogen-bond acceptors (Lipinski definition) is 8. The summed E-state index contributed by atoms with van der Waals surface area (Å²) >= 11 is 0. The van der Waals surface area contributed by atoms with Crippen LogP contribution in [0.4, 0.5) is 4.79 Å². The van der Waals surface area contributed by atoms with E-state index in [1.807, 2.05) is 56.4 Å². The highest BCUT2D eigenvalue weighted by Crippen LogP contribution is 2.44. The number of rotatable bonds is 29. The van der Waals surface area contributed by atoms with Crippen molar-refractivity contribution in [2.75, 3.05) is 53.6 Å². The van der Waals surface area contributed by atoms with Crippen LogP contribution < -0.4 is 25.4 Å². The standard InChI is InChI=1S/C48H68N4O7/c1-5-49-46(54)23-17-31-58-39-26-25-37(45(33-39)57-4)34-52(3)30-29-50-47(55)27-24-36(2)32-38(53)18-11-9-7-6-8-10-16-28-51-48(56)59-35-44-42-21-14-12-19-40(42)41-20-13-15-22-43(41)44/h12-15,19-22,25-26,33,36,44H,5-11,16-18,23-24,27-32,34-35H2,1-4H3,(H,49,54)(H,50,55)(H,51,56)/t36-/m1/s1. The van der Waals surface area contributed by atoms with Gasteiger partial charge in [0.25, 0.3) is 0 Å². The summed E-state index contributed by atoms with van der Waals surface area (Å²) in [6.07, 6.45) is 10.2. The Kier molecular flexibility index (Phi) is 20.8. The van der Waals surface area contributed by atoms with E-state index in [1.54, 1.807) is 7.11 Å². The number of ether oxygens (including phenoxy) is 3. The molecule has 0 aromatic heterocycles. The molecule has 11 nitrogen and oxygen atoms in total. The molecule has 4 rings (SSSR count). The lowest BCUT2D eigenvalue weighted by molar-refractivity contribution is -0.123. The minimum atomic E-state index is -0.360. The highest BCUT2D eigenvalue weighted by Gasteiger charge is 2.29. The van der Waals surface area contributed by atoms with E-state index < -0.39 is 0 Å². The average molecular weight is 813 g/mol. The van der Waals surface area contributed by atoms with E-state index in [2.05, 4.69) is 52.0 Å². The summed E-state index contributed by atoms with van der Waals surface area (Å²) in [5.74, 6) is 2.00. The molecule has 1 aliphatic rings. The number of fused-ring (bicyclic) bond motifs is 3. The second-order valence-electron chi connectivity index (χ2n) is 15.8. The van der Waals surface area contributed by atoms with Crippen molar-refractivity contribution in [1.29, 1.82) is 0 Å². The molecular formula is C48H68N4O7.